The van der Waals surface area contributed by atoms with E-state index in [0.717, 1.165) is 13.0 Å². The Bertz CT molecular complexity index is 208. The van der Waals surface area contributed by atoms with E-state index in [4.69, 9.17) is 4.74 Å². The molecule has 0 amide bonds. The van der Waals surface area contributed by atoms with Gasteiger partial charge in [0.25, 0.3) is 0 Å². The van der Waals surface area contributed by atoms with E-state index in [0.29, 0.717) is 13.0 Å². The number of esters is 1. The first-order chi connectivity index (χ1) is 7.19. The standard InChI is InChI=1S/C11H21NO3/c1-3-4-5-6-12-8-9(13)7-10(12)11(14)15-2/h9-10,13H,3-8H2,1-2H3/t9?,10-/m0/s1. The molecule has 1 aliphatic heterocycles. The second-order valence-corrected chi connectivity index (χ2v) is 4.13. The van der Waals surface area contributed by atoms with Crippen LogP contribution in [0, 0.1) is 0 Å². The van der Waals surface area contributed by atoms with Crippen LogP contribution in [0.1, 0.15) is 32.6 Å². The molecular formula is C11H21NO3. The van der Waals surface area contributed by atoms with Crippen LogP contribution in [0.2, 0.25) is 0 Å². The molecule has 1 saturated heterocycles. The fraction of sp³-hybridized carbons (Fsp3) is 0.909. The quantitative estimate of drug-likeness (QED) is 0.544. The van der Waals surface area contributed by atoms with Gasteiger partial charge in [-0.05, 0) is 13.0 Å². The molecule has 4 nitrogen and oxygen atoms in total. The maximum atomic E-state index is 11.4. The molecule has 4 heteroatoms. The molecule has 0 aromatic carbocycles. The number of likely N-dealkylation sites (tertiary alicyclic amines) is 1. The maximum Gasteiger partial charge on any atom is 0.323 e. The molecule has 15 heavy (non-hydrogen) atoms. The highest BCUT2D eigenvalue weighted by Gasteiger charge is 2.35. The lowest BCUT2D eigenvalue weighted by Gasteiger charge is -2.21. The van der Waals surface area contributed by atoms with E-state index in [-0.39, 0.29) is 18.1 Å². The van der Waals surface area contributed by atoms with Gasteiger partial charge in [-0.3, -0.25) is 9.69 Å². The zero-order chi connectivity index (χ0) is 11.3. The van der Waals surface area contributed by atoms with Gasteiger partial charge in [0.05, 0.1) is 13.2 Å². The van der Waals surface area contributed by atoms with Crippen molar-refractivity contribution in [2.45, 2.75) is 44.8 Å². The third-order valence-electron chi connectivity index (χ3n) is 2.90. The van der Waals surface area contributed by atoms with Gasteiger partial charge in [0.15, 0.2) is 0 Å². The predicted molar refractivity (Wildman–Crippen MR) is 57.5 cm³/mol. The molecule has 0 bridgehead atoms. The summed E-state index contributed by atoms with van der Waals surface area (Å²) in [6, 6.07) is -0.234. The van der Waals surface area contributed by atoms with Crippen LogP contribution in [0.5, 0.6) is 0 Å². The number of aliphatic hydroxyl groups excluding tert-OH is 1. The van der Waals surface area contributed by atoms with Crippen molar-refractivity contribution in [2.24, 2.45) is 0 Å². The fourth-order valence-corrected chi connectivity index (χ4v) is 2.07. The zero-order valence-corrected chi connectivity index (χ0v) is 9.61. The van der Waals surface area contributed by atoms with Gasteiger partial charge >= 0.3 is 5.97 Å². The highest BCUT2D eigenvalue weighted by atomic mass is 16.5. The number of carbonyl (C=O) groups is 1. The molecule has 0 saturated carbocycles. The summed E-state index contributed by atoms with van der Waals surface area (Å²) in [5.74, 6) is -0.219. The third kappa shape index (κ3) is 3.47. The van der Waals surface area contributed by atoms with Crippen molar-refractivity contribution in [3.05, 3.63) is 0 Å². The molecule has 1 fully saturated rings. The Labute approximate surface area is 91.2 Å². The first kappa shape index (κ1) is 12.5. The molecule has 0 aromatic heterocycles. The smallest absolute Gasteiger partial charge is 0.323 e. The van der Waals surface area contributed by atoms with Crippen molar-refractivity contribution in [3.63, 3.8) is 0 Å². The predicted octanol–water partition coefficient (Wildman–Crippen LogP) is 0.785. The molecule has 1 rings (SSSR count). The normalized spacial score (nSPS) is 26.9. The van der Waals surface area contributed by atoms with Crippen LogP contribution in [0.15, 0.2) is 0 Å². The van der Waals surface area contributed by atoms with E-state index in [9.17, 15) is 9.90 Å². The minimum atomic E-state index is -0.379. The lowest BCUT2D eigenvalue weighted by atomic mass is 10.2. The van der Waals surface area contributed by atoms with Crippen LogP contribution in [-0.4, -0.2) is 48.3 Å². The summed E-state index contributed by atoms with van der Waals surface area (Å²) < 4.78 is 4.73. The fourth-order valence-electron chi connectivity index (χ4n) is 2.07. The van der Waals surface area contributed by atoms with Gasteiger partial charge in [-0.25, -0.2) is 0 Å². The number of hydrogen-bond acceptors (Lipinski definition) is 4. The van der Waals surface area contributed by atoms with Gasteiger partial charge in [0.2, 0.25) is 0 Å². The first-order valence-electron chi connectivity index (χ1n) is 5.69. The van der Waals surface area contributed by atoms with Gasteiger partial charge in [0, 0.05) is 13.0 Å². The van der Waals surface area contributed by atoms with Crippen LogP contribution >= 0.6 is 0 Å². The van der Waals surface area contributed by atoms with E-state index >= 15 is 0 Å². The maximum absolute atomic E-state index is 11.4. The molecule has 1 aliphatic rings. The zero-order valence-electron chi connectivity index (χ0n) is 9.61. The van der Waals surface area contributed by atoms with Crippen molar-refractivity contribution in [2.75, 3.05) is 20.2 Å². The summed E-state index contributed by atoms with van der Waals surface area (Å²) in [7, 11) is 1.40. The number of rotatable bonds is 5. The summed E-state index contributed by atoms with van der Waals surface area (Å²) in [4.78, 5) is 13.5. The van der Waals surface area contributed by atoms with Crippen LogP contribution < -0.4 is 0 Å². The molecule has 2 atom stereocenters. The van der Waals surface area contributed by atoms with E-state index in [1.54, 1.807) is 0 Å². The number of unbranched alkanes of at least 4 members (excludes halogenated alkanes) is 2. The van der Waals surface area contributed by atoms with Gasteiger partial charge in [-0.15, -0.1) is 0 Å². The van der Waals surface area contributed by atoms with E-state index in [1.807, 2.05) is 4.90 Å². The number of aliphatic hydroxyl groups is 1. The van der Waals surface area contributed by atoms with Crippen molar-refractivity contribution in [1.29, 1.82) is 0 Å². The molecule has 1 N–H and O–H groups in total. The Morgan fingerprint density at radius 2 is 2.27 bits per heavy atom. The summed E-state index contributed by atoms with van der Waals surface area (Å²) in [6.45, 7) is 3.63. The highest BCUT2D eigenvalue weighted by Crippen LogP contribution is 2.19. The van der Waals surface area contributed by atoms with E-state index < -0.39 is 0 Å². The third-order valence-corrected chi connectivity index (χ3v) is 2.90. The lowest BCUT2D eigenvalue weighted by molar-refractivity contribution is -0.145. The molecule has 0 radical (unpaired) electrons. The summed E-state index contributed by atoms with van der Waals surface area (Å²) in [5.41, 5.74) is 0. The molecule has 1 heterocycles. The molecule has 0 aliphatic carbocycles. The summed E-state index contributed by atoms with van der Waals surface area (Å²) >= 11 is 0. The van der Waals surface area contributed by atoms with Crippen molar-refractivity contribution in [3.8, 4) is 0 Å². The first-order valence-corrected chi connectivity index (χ1v) is 5.69. The van der Waals surface area contributed by atoms with Gasteiger partial charge in [-0.1, -0.05) is 19.8 Å². The molecule has 0 aromatic rings. The van der Waals surface area contributed by atoms with E-state index in [2.05, 4.69) is 6.92 Å². The van der Waals surface area contributed by atoms with E-state index in [1.165, 1.54) is 20.0 Å². The second kappa shape index (κ2) is 6.08. The lowest BCUT2D eigenvalue weighted by Crippen LogP contribution is -2.37. The van der Waals surface area contributed by atoms with Crippen molar-refractivity contribution in [1.82, 2.24) is 4.90 Å². The Kier molecular flexibility index (Phi) is 5.05. The molecular weight excluding hydrogens is 194 g/mol. The number of nitrogens with zero attached hydrogens (tertiary/aromatic N) is 1. The molecule has 88 valence electrons. The number of hydrogen-bond donors (Lipinski definition) is 1. The van der Waals surface area contributed by atoms with Crippen LogP contribution in [0.4, 0.5) is 0 Å². The second-order valence-electron chi connectivity index (χ2n) is 4.13. The minimum Gasteiger partial charge on any atom is -0.468 e. The monoisotopic (exact) mass is 215 g/mol. The van der Waals surface area contributed by atoms with Crippen molar-refractivity contribution < 1.29 is 14.6 Å². The van der Waals surface area contributed by atoms with Crippen LogP contribution in [0.25, 0.3) is 0 Å². The van der Waals surface area contributed by atoms with Gasteiger partial charge < -0.3 is 9.84 Å². The Morgan fingerprint density at radius 3 is 2.87 bits per heavy atom. The number of methoxy groups -OCH3 is 1. The summed E-state index contributed by atoms with van der Waals surface area (Å²) in [6.07, 6.45) is 3.55. The minimum absolute atomic E-state index is 0.219. The Balaban J connectivity index is 2.42. The Morgan fingerprint density at radius 1 is 1.53 bits per heavy atom. The highest BCUT2D eigenvalue weighted by molar-refractivity contribution is 5.76. The summed E-state index contributed by atoms with van der Waals surface area (Å²) in [5, 5.41) is 9.52. The number of carbonyl (C=O) groups excluding carboxylic acids is 1. The number of β-amino-alcohol motifs (C(OH)–C–C–N with tert-alkyl or cyclic N) is 1. The largest absolute Gasteiger partial charge is 0.468 e. The number of ether oxygens (including phenoxy) is 1. The van der Waals surface area contributed by atoms with Crippen LogP contribution in [0.3, 0.4) is 0 Å². The SMILES string of the molecule is CCCCCN1CC(O)C[C@H]1C(=O)OC. The molecule has 1 unspecified atom stereocenters. The Hall–Kier alpha value is -0.610. The topological polar surface area (TPSA) is 49.8 Å². The van der Waals surface area contributed by atoms with Gasteiger partial charge in [-0.2, -0.15) is 0 Å². The average Bonchev–Trinajstić information content (AvgIpc) is 2.59. The molecule has 0 spiro atoms. The van der Waals surface area contributed by atoms with Crippen molar-refractivity contribution >= 4 is 5.97 Å². The van der Waals surface area contributed by atoms with Gasteiger partial charge in [0.1, 0.15) is 6.04 Å². The van der Waals surface area contributed by atoms with Crippen LogP contribution in [-0.2, 0) is 9.53 Å². The average molecular weight is 215 g/mol.